The van der Waals surface area contributed by atoms with E-state index < -0.39 is 17.7 Å². The summed E-state index contributed by atoms with van der Waals surface area (Å²) >= 11 is 0. The Balaban J connectivity index is 1.69. The summed E-state index contributed by atoms with van der Waals surface area (Å²) in [6, 6.07) is 15.7. The van der Waals surface area contributed by atoms with Gasteiger partial charge in [0.1, 0.15) is 11.6 Å². The van der Waals surface area contributed by atoms with Gasteiger partial charge in [0.25, 0.3) is 0 Å². The molecule has 1 atom stereocenters. The number of hydrogen-bond donors (Lipinski definition) is 1. The molecule has 31 heavy (non-hydrogen) atoms. The molecule has 0 aromatic heterocycles. The predicted octanol–water partition coefficient (Wildman–Crippen LogP) is 4.75. The molecule has 0 saturated carbocycles. The number of hydrogen-bond acceptors (Lipinski definition) is 4. The molecular formula is C25H33N3O3. The molecule has 166 valence electrons. The zero-order chi connectivity index (χ0) is 22.6. The average Bonchev–Trinajstić information content (AvgIpc) is 3.18. The van der Waals surface area contributed by atoms with Crippen molar-refractivity contribution in [2.75, 3.05) is 26.0 Å². The molecule has 2 aromatic rings. The number of nitrogens with one attached hydrogen (secondary N) is 1. The molecule has 3 rings (SSSR count). The van der Waals surface area contributed by atoms with Crippen LogP contribution in [0.2, 0.25) is 0 Å². The fourth-order valence-corrected chi connectivity index (χ4v) is 3.82. The van der Waals surface area contributed by atoms with E-state index in [9.17, 15) is 9.59 Å². The lowest BCUT2D eigenvalue weighted by Crippen LogP contribution is -2.45. The van der Waals surface area contributed by atoms with Crippen molar-refractivity contribution in [2.45, 2.75) is 51.8 Å². The zero-order valence-electron chi connectivity index (χ0n) is 19.1. The van der Waals surface area contributed by atoms with Gasteiger partial charge < -0.3 is 15.0 Å². The second-order valence-electron chi connectivity index (χ2n) is 9.29. The van der Waals surface area contributed by atoms with Crippen molar-refractivity contribution in [1.29, 1.82) is 0 Å². The van der Waals surface area contributed by atoms with Crippen LogP contribution < -0.4 is 5.32 Å². The Bertz CT molecular complexity index is 916. The topological polar surface area (TPSA) is 61.9 Å². The first-order valence-corrected chi connectivity index (χ1v) is 10.8. The molecule has 1 aliphatic rings. The Labute approximate surface area is 185 Å². The van der Waals surface area contributed by atoms with Crippen molar-refractivity contribution in [2.24, 2.45) is 0 Å². The molecule has 2 aromatic carbocycles. The largest absolute Gasteiger partial charge is 0.444 e. The molecule has 0 radical (unpaired) electrons. The highest BCUT2D eigenvalue weighted by atomic mass is 16.6. The molecule has 0 aliphatic carbocycles. The minimum absolute atomic E-state index is 0.177. The fourth-order valence-electron chi connectivity index (χ4n) is 3.82. The number of carbonyl (C=O) groups excluding carboxylic acids is 2. The van der Waals surface area contributed by atoms with Gasteiger partial charge >= 0.3 is 6.09 Å². The summed E-state index contributed by atoms with van der Waals surface area (Å²) in [6.45, 7) is 6.88. The maximum atomic E-state index is 12.9. The zero-order valence-corrected chi connectivity index (χ0v) is 19.1. The standard InChI is InChI=1S/C25H33N3O3/c1-25(2,3)31-24(30)28-16-8-11-22(28)23(29)26-20-14-12-18(13-15-20)21-10-7-6-9-19(21)17-27(4)5/h6-7,9-10,12-15,22H,8,11,16-17H2,1-5H3,(H,26,29)/t22-/m1/s1. The number of benzene rings is 2. The number of ether oxygens (including phenoxy) is 1. The van der Waals surface area contributed by atoms with E-state index in [0.717, 1.165) is 24.2 Å². The molecule has 1 N–H and O–H groups in total. The van der Waals surface area contributed by atoms with Gasteiger partial charge in [-0.25, -0.2) is 4.79 Å². The van der Waals surface area contributed by atoms with Crippen molar-refractivity contribution < 1.29 is 14.3 Å². The number of rotatable bonds is 5. The van der Waals surface area contributed by atoms with Gasteiger partial charge in [-0.15, -0.1) is 0 Å². The molecule has 6 nitrogen and oxygen atoms in total. The molecule has 0 unspecified atom stereocenters. The summed E-state index contributed by atoms with van der Waals surface area (Å²) in [5.41, 5.74) is 3.67. The van der Waals surface area contributed by atoms with Crippen LogP contribution in [0.25, 0.3) is 11.1 Å². The normalized spacial score (nSPS) is 16.5. The maximum absolute atomic E-state index is 12.9. The Kier molecular flexibility index (Phi) is 7.01. The monoisotopic (exact) mass is 423 g/mol. The Morgan fingerprint density at radius 2 is 1.77 bits per heavy atom. The summed E-state index contributed by atoms with van der Waals surface area (Å²) in [7, 11) is 4.11. The van der Waals surface area contributed by atoms with Gasteiger partial charge in [-0.2, -0.15) is 0 Å². The van der Waals surface area contributed by atoms with E-state index in [1.54, 1.807) is 0 Å². The second-order valence-corrected chi connectivity index (χ2v) is 9.29. The van der Waals surface area contributed by atoms with Crippen LogP contribution in [0.5, 0.6) is 0 Å². The molecule has 0 spiro atoms. The van der Waals surface area contributed by atoms with E-state index in [1.165, 1.54) is 16.0 Å². The third-order valence-electron chi connectivity index (χ3n) is 5.15. The van der Waals surface area contributed by atoms with E-state index in [-0.39, 0.29) is 5.91 Å². The lowest BCUT2D eigenvalue weighted by molar-refractivity contribution is -0.120. The van der Waals surface area contributed by atoms with Crippen molar-refractivity contribution in [3.8, 4) is 11.1 Å². The number of anilines is 1. The molecule has 6 heteroatoms. The van der Waals surface area contributed by atoms with E-state index in [2.05, 4.69) is 42.5 Å². The van der Waals surface area contributed by atoms with Crippen LogP contribution in [0.4, 0.5) is 10.5 Å². The van der Waals surface area contributed by atoms with Crippen molar-refractivity contribution in [3.63, 3.8) is 0 Å². The third kappa shape index (κ3) is 6.07. The van der Waals surface area contributed by atoms with Gasteiger partial charge in [-0.05, 0) is 76.5 Å². The van der Waals surface area contributed by atoms with E-state index in [4.69, 9.17) is 4.74 Å². The predicted molar refractivity (Wildman–Crippen MR) is 124 cm³/mol. The highest BCUT2D eigenvalue weighted by Crippen LogP contribution is 2.27. The Morgan fingerprint density at radius 1 is 1.10 bits per heavy atom. The van der Waals surface area contributed by atoms with Gasteiger partial charge in [-0.3, -0.25) is 9.69 Å². The Hall–Kier alpha value is -2.86. The maximum Gasteiger partial charge on any atom is 0.410 e. The summed E-state index contributed by atoms with van der Waals surface area (Å²) in [5, 5.41) is 2.96. The molecule has 1 saturated heterocycles. The van der Waals surface area contributed by atoms with Gasteiger partial charge in [0, 0.05) is 18.8 Å². The van der Waals surface area contributed by atoms with Crippen molar-refractivity contribution in [1.82, 2.24) is 9.80 Å². The first-order valence-electron chi connectivity index (χ1n) is 10.8. The first-order chi connectivity index (χ1) is 14.6. The number of nitrogens with zero attached hydrogens (tertiary/aromatic N) is 2. The second kappa shape index (κ2) is 9.52. The summed E-state index contributed by atoms with van der Waals surface area (Å²) in [5.74, 6) is -0.177. The third-order valence-corrected chi connectivity index (χ3v) is 5.15. The van der Waals surface area contributed by atoms with Crippen LogP contribution in [0.3, 0.4) is 0 Å². The van der Waals surface area contributed by atoms with E-state index >= 15 is 0 Å². The highest BCUT2D eigenvalue weighted by molar-refractivity contribution is 5.97. The summed E-state index contributed by atoms with van der Waals surface area (Å²) in [4.78, 5) is 29.0. The minimum Gasteiger partial charge on any atom is -0.444 e. The van der Waals surface area contributed by atoms with E-state index in [0.29, 0.717) is 13.0 Å². The van der Waals surface area contributed by atoms with Crippen LogP contribution >= 0.6 is 0 Å². The quantitative estimate of drug-likeness (QED) is 0.754. The number of amides is 2. The summed E-state index contributed by atoms with van der Waals surface area (Å²) < 4.78 is 5.46. The SMILES string of the molecule is CN(C)Cc1ccccc1-c1ccc(NC(=O)[C@H]2CCCN2C(=O)OC(C)(C)C)cc1. The molecule has 1 fully saturated rings. The van der Waals surface area contributed by atoms with E-state index in [1.807, 2.05) is 51.1 Å². The van der Waals surface area contributed by atoms with Crippen LogP contribution in [-0.4, -0.2) is 54.1 Å². The lowest BCUT2D eigenvalue weighted by Gasteiger charge is -2.28. The van der Waals surface area contributed by atoms with Crippen molar-refractivity contribution >= 4 is 17.7 Å². The summed E-state index contributed by atoms with van der Waals surface area (Å²) in [6.07, 6.45) is 0.998. The van der Waals surface area contributed by atoms with Crippen LogP contribution in [-0.2, 0) is 16.1 Å². The average molecular weight is 424 g/mol. The molecular weight excluding hydrogens is 390 g/mol. The minimum atomic E-state index is -0.584. The lowest BCUT2D eigenvalue weighted by atomic mass is 9.99. The molecule has 0 bridgehead atoms. The first kappa shape index (κ1) is 22.8. The molecule has 1 heterocycles. The van der Waals surface area contributed by atoms with Crippen LogP contribution in [0.1, 0.15) is 39.2 Å². The van der Waals surface area contributed by atoms with Gasteiger partial charge in [0.2, 0.25) is 5.91 Å². The van der Waals surface area contributed by atoms with Gasteiger partial charge in [0.15, 0.2) is 0 Å². The van der Waals surface area contributed by atoms with Crippen LogP contribution in [0.15, 0.2) is 48.5 Å². The van der Waals surface area contributed by atoms with Gasteiger partial charge in [-0.1, -0.05) is 36.4 Å². The highest BCUT2D eigenvalue weighted by Gasteiger charge is 2.36. The van der Waals surface area contributed by atoms with Gasteiger partial charge in [0.05, 0.1) is 0 Å². The molecule has 1 aliphatic heterocycles. The smallest absolute Gasteiger partial charge is 0.410 e. The number of likely N-dealkylation sites (tertiary alicyclic amines) is 1. The molecule has 2 amide bonds. The van der Waals surface area contributed by atoms with Crippen LogP contribution in [0, 0.1) is 0 Å². The van der Waals surface area contributed by atoms with Crippen molar-refractivity contribution in [3.05, 3.63) is 54.1 Å². The number of carbonyl (C=O) groups is 2. The Morgan fingerprint density at radius 3 is 2.42 bits per heavy atom. The fraction of sp³-hybridized carbons (Fsp3) is 0.440.